The number of likely N-dealkylation sites (tertiary alicyclic amines) is 1. The summed E-state index contributed by atoms with van der Waals surface area (Å²) in [5.41, 5.74) is 0.911. The molecular weight excluding hydrogens is 675 g/mol. The molecule has 0 spiro atoms. The lowest BCUT2D eigenvalue weighted by Crippen LogP contribution is -2.56. The molecule has 15 heteroatoms. The molecule has 0 radical (unpaired) electrons. The number of halogens is 4. The minimum atomic E-state index is -4.65. The highest BCUT2D eigenvalue weighted by atomic mass is 35.5. The van der Waals surface area contributed by atoms with Crippen molar-refractivity contribution in [3.63, 3.8) is 0 Å². The molecule has 11 nitrogen and oxygen atoms in total. The minimum Gasteiger partial charge on any atom is -0.374 e. The maximum absolute atomic E-state index is 14.0. The lowest BCUT2D eigenvalue weighted by Gasteiger charge is -2.40. The van der Waals surface area contributed by atoms with Crippen molar-refractivity contribution in [3.8, 4) is 0 Å². The molecule has 2 atom stereocenters. The van der Waals surface area contributed by atoms with E-state index in [-0.39, 0.29) is 36.5 Å². The Balaban J connectivity index is 1.10. The highest BCUT2D eigenvalue weighted by Crippen LogP contribution is 2.43. The average Bonchev–Trinajstić information content (AvgIpc) is 3.36. The second kappa shape index (κ2) is 14.5. The second-order valence-electron chi connectivity index (χ2n) is 13.7. The van der Waals surface area contributed by atoms with Crippen LogP contribution in [-0.4, -0.2) is 129 Å². The number of pyridine rings is 1. The van der Waals surface area contributed by atoms with E-state index in [9.17, 15) is 27.6 Å². The van der Waals surface area contributed by atoms with Gasteiger partial charge >= 0.3 is 6.18 Å². The molecule has 0 bridgehead atoms. The van der Waals surface area contributed by atoms with Crippen LogP contribution in [0.4, 0.5) is 30.4 Å². The van der Waals surface area contributed by atoms with Crippen molar-refractivity contribution in [2.75, 3.05) is 94.3 Å². The molecule has 2 aromatic rings. The zero-order valence-corrected chi connectivity index (χ0v) is 29.3. The van der Waals surface area contributed by atoms with Gasteiger partial charge in [0.15, 0.2) is 0 Å². The summed E-state index contributed by atoms with van der Waals surface area (Å²) in [6.07, 6.45) is -4.18. The summed E-state index contributed by atoms with van der Waals surface area (Å²) in [6, 6.07) is 5.91. The first-order valence-electron chi connectivity index (χ1n) is 16.9. The molecule has 4 aliphatic heterocycles. The van der Waals surface area contributed by atoms with Gasteiger partial charge in [-0.2, -0.15) is 13.2 Å². The molecule has 3 amide bonds. The molecule has 0 N–H and O–H groups in total. The third-order valence-corrected chi connectivity index (χ3v) is 10.3. The summed E-state index contributed by atoms with van der Waals surface area (Å²) >= 11 is 6.73. The molecule has 3 saturated heterocycles. The van der Waals surface area contributed by atoms with Crippen molar-refractivity contribution in [1.82, 2.24) is 19.7 Å². The number of carbonyl (C=O) groups is 3. The zero-order valence-electron chi connectivity index (χ0n) is 28.6. The van der Waals surface area contributed by atoms with Gasteiger partial charge in [0, 0.05) is 96.2 Å². The Kier molecular flexibility index (Phi) is 10.5. The van der Waals surface area contributed by atoms with Crippen LogP contribution in [0.2, 0.25) is 5.02 Å². The summed E-state index contributed by atoms with van der Waals surface area (Å²) in [6.45, 7) is 12.0. The second-order valence-corrected chi connectivity index (χ2v) is 14.1. The van der Waals surface area contributed by atoms with E-state index >= 15 is 0 Å². The lowest BCUT2D eigenvalue weighted by molar-refractivity contribution is -0.141. The molecule has 0 aliphatic carbocycles. The monoisotopic (exact) mass is 717 g/mol. The van der Waals surface area contributed by atoms with Crippen LogP contribution in [-0.2, 0) is 25.3 Å². The number of aromatic nitrogens is 1. The number of anilines is 3. The summed E-state index contributed by atoms with van der Waals surface area (Å²) < 4.78 is 47.3. The smallest absolute Gasteiger partial charge is 0.374 e. The molecule has 50 heavy (non-hydrogen) atoms. The number of fused-ring (bicyclic) bond motifs is 2. The normalized spacial score (nSPS) is 22.3. The summed E-state index contributed by atoms with van der Waals surface area (Å²) in [7, 11) is 3.67. The number of amides is 3. The van der Waals surface area contributed by atoms with Gasteiger partial charge in [-0.3, -0.25) is 24.2 Å². The molecule has 0 saturated carbocycles. The van der Waals surface area contributed by atoms with E-state index in [0.717, 1.165) is 43.2 Å². The maximum atomic E-state index is 14.0. The highest BCUT2D eigenvalue weighted by Gasteiger charge is 2.49. The molecule has 1 aromatic heterocycles. The standard InChI is InChI=1S/C35H43ClF3N7O4/c1-22(18-43-12-10-41(3)11-13-43)33(48)45-20-26(21-45)50-14-6-9-44-19-24-16-30(47)46(29-17-25(35(37,38)39)15-23(2)40-29)31(24)34(49)42(4)28-8-5-7-27(36)32(28)44/h5,7-8,15,17,24,26,31H,1,6,9-14,16,18-21H2,2-4H3/t24-,31+/m1/s1. The van der Waals surface area contributed by atoms with E-state index in [2.05, 4.69) is 28.4 Å². The van der Waals surface area contributed by atoms with Crippen molar-refractivity contribution in [1.29, 1.82) is 0 Å². The predicted molar refractivity (Wildman–Crippen MR) is 184 cm³/mol. The first kappa shape index (κ1) is 36.1. The number of para-hydroxylation sites is 1. The summed E-state index contributed by atoms with van der Waals surface area (Å²) in [5.74, 6) is -1.67. The number of ether oxygens (including phenoxy) is 1. The lowest BCUT2D eigenvalue weighted by atomic mass is 9.95. The number of nitrogens with zero attached hydrogens (tertiary/aromatic N) is 7. The van der Waals surface area contributed by atoms with Crippen molar-refractivity contribution in [3.05, 3.63) is 58.8 Å². The number of likely N-dealkylation sites (N-methyl/N-ethyl adjacent to an activating group) is 2. The van der Waals surface area contributed by atoms with Crippen LogP contribution >= 0.6 is 11.6 Å². The third kappa shape index (κ3) is 7.48. The largest absolute Gasteiger partial charge is 0.416 e. The fourth-order valence-electron chi connectivity index (χ4n) is 7.25. The Labute approximate surface area is 295 Å². The Hall–Kier alpha value is -3.72. The fourth-order valence-corrected chi connectivity index (χ4v) is 7.54. The van der Waals surface area contributed by atoms with E-state index in [1.807, 2.05) is 4.90 Å². The molecular formula is C35H43ClF3N7O4. The molecule has 4 aliphatic rings. The van der Waals surface area contributed by atoms with Gasteiger partial charge in [-0.1, -0.05) is 24.2 Å². The van der Waals surface area contributed by atoms with E-state index in [1.54, 1.807) is 30.1 Å². The van der Waals surface area contributed by atoms with E-state index in [0.29, 0.717) is 61.2 Å². The molecule has 1 aromatic carbocycles. The fraction of sp³-hybridized carbons (Fsp3) is 0.543. The number of alkyl halides is 3. The number of hydrogen-bond acceptors (Lipinski definition) is 8. The quantitative estimate of drug-likeness (QED) is 0.287. The van der Waals surface area contributed by atoms with Gasteiger partial charge in [0.25, 0.3) is 5.91 Å². The van der Waals surface area contributed by atoms with Gasteiger partial charge in [0.1, 0.15) is 11.9 Å². The van der Waals surface area contributed by atoms with Gasteiger partial charge in [-0.15, -0.1) is 0 Å². The number of benzene rings is 1. The van der Waals surface area contributed by atoms with Crippen LogP contribution in [0.5, 0.6) is 0 Å². The van der Waals surface area contributed by atoms with Crippen molar-refractivity contribution < 1.29 is 32.3 Å². The van der Waals surface area contributed by atoms with Crippen LogP contribution in [0.1, 0.15) is 24.1 Å². The first-order chi connectivity index (χ1) is 23.7. The van der Waals surface area contributed by atoms with Crippen LogP contribution in [0.3, 0.4) is 0 Å². The summed E-state index contributed by atoms with van der Waals surface area (Å²) in [5, 5.41) is 0.433. The van der Waals surface area contributed by atoms with Crippen LogP contribution in [0.15, 0.2) is 42.5 Å². The molecule has 270 valence electrons. The van der Waals surface area contributed by atoms with Gasteiger partial charge in [0.05, 0.1) is 28.1 Å². The summed E-state index contributed by atoms with van der Waals surface area (Å²) in [4.78, 5) is 55.5. The number of rotatable bonds is 9. The average molecular weight is 718 g/mol. The Morgan fingerprint density at radius 2 is 1.80 bits per heavy atom. The zero-order chi connectivity index (χ0) is 35.9. The molecule has 3 fully saturated rings. The van der Waals surface area contributed by atoms with E-state index < -0.39 is 35.5 Å². The predicted octanol–water partition coefficient (Wildman–Crippen LogP) is 3.69. The van der Waals surface area contributed by atoms with Crippen molar-refractivity contribution in [2.24, 2.45) is 5.92 Å². The Morgan fingerprint density at radius 3 is 2.50 bits per heavy atom. The molecule has 5 heterocycles. The van der Waals surface area contributed by atoms with Crippen LogP contribution < -0.4 is 14.7 Å². The molecule has 0 unspecified atom stereocenters. The Morgan fingerprint density at radius 1 is 1.08 bits per heavy atom. The minimum absolute atomic E-state index is 0.0416. The van der Waals surface area contributed by atoms with Crippen LogP contribution in [0.25, 0.3) is 0 Å². The highest BCUT2D eigenvalue weighted by molar-refractivity contribution is 6.34. The van der Waals surface area contributed by atoms with E-state index in [4.69, 9.17) is 16.3 Å². The topological polar surface area (TPSA) is 92.8 Å². The van der Waals surface area contributed by atoms with Gasteiger partial charge in [-0.05, 0) is 44.7 Å². The number of hydrogen-bond donors (Lipinski definition) is 0. The van der Waals surface area contributed by atoms with E-state index in [1.165, 1.54) is 11.8 Å². The van der Waals surface area contributed by atoms with Crippen molar-refractivity contribution in [2.45, 2.75) is 38.1 Å². The van der Waals surface area contributed by atoms with Gasteiger partial charge < -0.3 is 24.3 Å². The van der Waals surface area contributed by atoms with Gasteiger partial charge in [-0.25, -0.2) is 4.98 Å². The third-order valence-electron chi connectivity index (χ3n) is 10.00. The maximum Gasteiger partial charge on any atom is 0.416 e. The Bertz CT molecular complexity index is 1640. The van der Waals surface area contributed by atoms with Gasteiger partial charge in [0.2, 0.25) is 11.8 Å². The number of carbonyl (C=O) groups excluding carboxylic acids is 3. The first-order valence-corrected chi connectivity index (χ1v) is 17.3. The van der Waals surface area contributed by atoms with Crippen molar-refractivity contribution >= 4 is 46.5 Å². The SMILES string of the molecule is C=C(CN1CCN(C)CC1)C(=O)N1CC(OCCCN2C[C@H]3CC(=O)N(c4cc(C(F)(F)F)cc(C)n4)[C@@H]3C(=O)N(C)c3cccc(Cl)c32)C1. The number of piperazine rings is 1. The van der Waals surface area contributed by atoms with Crippen LogP contribution in [0, 0.1) is 12.8 Å². The number of aryl methyl sites for hydroxylation is 1. The molecule has 6 rings (SSSR count).